The number of carbonyl (C=O) groups is 1. The monoisotopic (exact) mass is 722 g/mol. The minimum atomic E-state index is -4.51. The van der Waals surface area contributed by atoms with Crippen molar-refractivity contribution in [1.29, 1.82) is 0 Å². The van der Waals surface area contributed by atoms with Gasteiger partial charge < -0.3 is 14.6 Å². The smallest absolute Gasteiger partial charge is 0.416 e. The van der Waals surface area contributed by atoms with E-state index in [0.717, 1.165) is 12.1 Å². The third-order valence-corrected chi connectivity index (χ3v) is 9.76. The molecule has 4 aromatic carbocycles. The number of aliphatic imine (C=N–C) groups is 1. The number of benzene rings is 4. The van der Waals surface area contributed by atoms with Crippen molar-refractivity contribution in [1.82, 2.24) is 10.9 Å². The topological polar surface area (TPSA) is 175 Å². The van der Waals surface area contributed by atoms with E-state index in [0.29, 0.717) is 23.3 Å². The number of hydrogen-bond donors (Lipinski definition) is 3. The molecule has 1 aliphatic heterocycles. The Morgan fingerprint density at radius 1 is 1.00 bits per heavy atom. The Morgan fingerprint density at radius 3 is 2.35 bits per heavy atom. The molecule has 2 atom stereocenters. The summed E-state index contributed by atoms with van der Waals surface area (Å²) >= 11 is 0. The van der Waals surface area contributed by atoms with Crippen LogP contribution in [0.15, 0.2) is 118 Å². The molecule has 4 aromatic rings. The summed E-state index contributed by atoms with van der Waals surface area (Å²) in [6, 6.07) is 25.0. The molecule has 3 N–H and O–H groups in total. The van der Waals surface area contributed by atoms with Gasteiger partial charge in [0.05, 0.1) is 22.8 Å². The number of aliphatic hydroxyl groups excluding tert-OH is 1. The number of carbonyl (C=O) groups excluding carboxylic acids is 1. The fourth-order valence-corrected chi connectivity index (χ4v) is 6.77. The molecular weight excluding hydrogens is 689 g/mol. The summed E-state index contributed by atoms with van der Waals surface area (Å²) < 4.78 is 78.3. The Kier molecular flexibility index (Phi) is 11.6. The first kappa shape index (κ1) is 36.9. The summed E-state index contributed by atoms with van der Waals surface area (Å²) in [7, 11) is -3.96. The number of nitrogens with one attached hydrogen (secondary N) is 2. The highest BCUT2D eigenvalue weighted by atomic mass is 32.2. The number of hydrogen-bond acceptors (Lipinski definition) is 9. The molecule has 266 valence electrons. The van der Waals surface area contributed by atoms with E-state index in [-0.39, 0.29) is 48.2 Å². The second-order valence-electron chi connectivity index (χ2n) is 11.4. The van der Waals surface area contributed by atoms with Crippen LogP contribution < -0.4 is 15.6 Å². The second kappa shape index (κ2) is 16.1. The Morgan fingerprint density at radius 2 is 1.69 bits per heavy atom. The van der Waals surface area contributed by atoms with Crippen LogP contribution >= 0.6 is 0 Å². The van der Waals surface area contributed by atoms with Crippen LogP contribution in [-0.2, 0) is 32.1 Å². The number of aliphatic hydroxyl groups is 1. The molecule has 1 heterocycles. The van der Waals surface area contributed by atoms with Gasteiger partial charge in [0.25, 0.3) is 5.91 Å². The van der Waals surface area contributed by atoms with Gasteiger partial charge in [0.1, 0.15) is 5.75 Å². The van der Waals surface area contributed by atoms with Crippen LogP contribution in [0.3, 0.4) is 0 Å². The lowest BCUT2D eigenvalue weighted by atomic mass is 9.84. The molecule has 0 spiro atoms. The first-order valence-electron chi connectivity index (χ1n) is 15.7. The van der Waals surface area contributed by atoms with E-state index in [2.05, 4.69) is 20.9 Å². The molecule has 0 bridgehead atoms. The average molecular weight is 723 g/mol. The zero-order chi connectivity index (χ0) is 36.5. The van der Waals surface area contributed by atoms with Gasteiger partial charge in [0.15, 0.2) is 21.5 Å². The van der Waals surface area contributed by atoms with E-state index in [1.165, 1.54) is 30.3 Å². The van der Waals surface area contributed by atoms with E-state index in [9.17, 15) is 31.9 Å². The highest BCUT2D eigenvalue weighted by Gasteiger charge is 2.54. The molecule has 16 heteroatoms. The number of hydrazine groups is 1. The molecule has 0 unspecified atom stereocenters. The maximum Gasteiger partial charge on any atom is 0.416 e. The molecule has 0 radical (unpaired) electrons. The molecule has 0 fully saturated rings. The third-order valence-electron chi connectivity index (χ3n) is 8.03. The van der Waals surface area contributed by atoms with E-state index < -0.39 is 44.9 Å². The first-order valence-corrected chi connectivity index (χ1v) is 17.3. The van der Waals surface area contributed by atoms with Gasteiger partial charge in [0, 0.05) is 47.7 Å². The van der Waals surface area contributed by atoms with Crippen molar-refractivity contribution in [2.75, 3.05) is 19.0 Å². The van der Waals surface area contributed by atoms with Crippen molar-refractivity contribution in [3.63, 3.8) is 0 Å². The maximum atomic E-state index is 14.4. The van der Waals surface area contributed by atoms with Gasteiger partial charge in [-0.15, -0.1) is 0 Å². The molecule has 1 amide bonds. The van der Waals surface area contributed by atoms with Crippen molar-refractivity contribution in [3.8, 4) is 5.75 Å². The fraction of sp³-hybridized carbons (Fsp3) is 0.257. The molecule has 0 aromatic heterocycles. The van der Waals surface area contributed by atoms with Gasteiger partial charge in [-0.3, -0.25) is 10.2 Å². The van der Waals surface area contributed by atoms with Crippen LogP contribution in [-0.4, -0.2) is 49.8 Å². The minimum Gasteiger partial charge on any atom is -0.494 e. The molecule has 5 rings (SSSR count). The van der Waals surface area contributed by atoms with Crippen molar-refractivity contribution < 1.29 is 41.0 Å². The lowest BCUT2D eigenvalue weighted by molar-refractivity contribution is -0.137. The summed E-state index contributed by atoms with van der Waals surface area (Å²) in [4.78, 5) is 22.1. The number of alkyl halides is 3. The molecule has 51 heavy (non-hydrogen) atoms. The average Bonchev–Trinajstić information content (AvgIpc) is 3.52. The summed E-state index contributed by atoms with van der Waals surface area (Å²) in [5.74, 6) is -0.854. The lowest BCUT2D eigenvalue weighted by Gasteiger charge is -2.31. The molecule has 0 aliphatic carbocycles. The predicted octanol–water partition coefficient (Wildman–Crippen LogP) is 6.35. The van der Waals surface area contributed by atoms with Crippen molar-refractivity contribution >= 4 is 27.3 Å². The van der Waals surface area contributed by atoms with Gasteiger partial charge in [-0.25, -0.2) is 18.8 Å². The number of rotatable bonds is 15. The third kappa shape index (κ3) is 8.85. The normalized spacial score (nSPS) is 17.2. The Balaban J connectivity index is 1.53. The van der Waals surface area contributed by atoms with Gasteiger partial charge in [-0.1, -0.05) is 59.7 Å². The summed E-state index contributed by atoms with van der Waals surface area (Å²) in [6.07, 6.45) is -5.77. The van der Waals surface area contributed by atoms with Crippen molar-refractivity contribution in [2.24, 2.45) is 10.1 Å². The highest BCUT2D eigenvalue weighted by molar-refractivity contribution is 7.91. The summed E-state index contributed by atoms with van der Waals surface area (Å²) in [6.45, 7) is 0.159. The van der Waals surface area contributed by atoms with Crippen molar-refractivity contribution in [3.05, 3.63) is 136 Å². The van der Waals surface area contributed by atoms with Crippen LogP contribution in [0.1, 0.15) is 41.2 Å². The Labute approximate surface area is 291 Å². The number of nitrogens with zero attached hydrogens (tertiary/aromatic N) is 4. The molecule has 12 nitrogen and oxygen atoms in total. The Bertz CT molecular complexity index is 2010. The summed E-state index contributed by atoms with van der Waals surface area (Å²) in [5, 5.41) is 12.8. The van der Waals surface area contributed by atoms with Crippen LogP contribution in [0, 0.1) is 0 Å². The van der Waals surface area contributed by atoms with Crippen LogP contribution in [0.5, 0.6) is 5.75 Å². The number of amides is 1. The second-order valence-corrected chi connectivity index (χ2v) is 13.5. The standard InChI is InChI=1S/C35H33F3N6O6S/c36-35(37,38)26-15-11-24(12-16-26)23-40-43-33(46)34(19-22-51(47,48)28-7-2-1-3-8-28)31(29-9-4-5-10-30(29)42-44-39)50-32(41-34)25-13-17-27(18-14-25)49-21-6-20-45/h1-5,7-18,31,40,45H,6,19-23H2,(H,43,46)/t31-,34-/m0/s1. The lowest BCUT2D eigenvalue weighted by Crippen LogP contribution is -2.53. The number of azide groups is 1. The van der Waals surface area contributed by atoms with E-state index in [1.807, 2.05) is 0 Å². The highest BCUT2D eigenvalue weighted by Crippen LogP contribution is 2.46. The quantitative estimate of drug-likeness (QED) is 0.0421. The van der Waals surface area contributed by atoms with Crippen LogP contribution in [0.25, 0.3) is 10.4 Å². The molecule has 0 saturated heterocycles. The van der Waals surface area contributed by atoms with Crippen LogP contribution in [0.2, 0.25) is 0 Å². The van der Waals surface area contributed by atoms with Gasteiger partial charge in [0.2, 0.25) is 5.90 Å². The number of sulfone groups is 1. The van der Waals surface area contributed by atoms with Gasteiger partial charge >= 0.3 is 6.18 Å². The first-order chi connectivity index (χ1) is 24.5. The molecule has 1 aliphatic rings. The number of ether oxygens (including phenoxy) is 2. The number of halogens is 3. The van der Waals surface area contributed by atoms with Crippen molar-refractivity contribution in [2.45, 2.75) is 42.1 Å². The zero-order valence-electron chi connectivity index (χ0n) is 27.0. The SMILES string of the molecule is [N-]=[N+]=Nc1ccccc1[C@@H]1OC(c2ccc(OCCCO)cc2)=N[C@]1(CCS(=O)(=O)c1ccccc1)C(=O)NNCc1ccc(C(F)(F)F)cc1. The van der Waals surface area contributed by atoms with E-state index in [1.54, 1.807) is 60.7 Å². The fourth-order valence-electron chi connectivity index (χ4n) is 5.38. The van der Waals surface area contributed by atoms with E-state index >= 15 is 0 Å². The predicted molar refractivity (Wildman–Crippen MR) is 182 cm³/mol. The largest absolute Gasteiger partial charge is 0.494 e. The van der Waals surface area contributed by atoms with Gasteiger partial charge in [-0.05, 0) is 59.6 Å². The molecular formula is C35H33F3N6O6S. The summed E-state index contributed by atoms with van der Waals surface area (Å²) in [5.41, 5.74) is 13.0. The van der Waals surface area contributed by atoms with E-state index in [4.69, 9.17) is 19.6 Å². The maximum absolute atomic E-state index is 14.4. The molecule has 0 saturated carbocycles. The minimum absolute atomic E-state index is 0.00681. The van der Waals surface area contributed by atoms with Gasteiger partial charge in [-0.2, -0.15) is 13.2 Å². The Hall–Kier alpha value is -5.41. The van der Waals surface area contributed by atoms with Crippen LogP contribution in [0.4, 0.5) is 18.9 Å². The zero-order valence-corrected chi connectivity index (χ0v) is 27.8.